The highest BCUT2D eigenvalue weighted by Gasteiger charge is 2.19. The Hall–Kier alpha value is -2.37. The van der Waals surface area contributed by atoms with Crippen LogP contribution in [0, 0.1) is 0 Å². The summed E-state index contributed by atoms with van der Waals surface area (Å²) >= 11 is 0. The molecule has 0 fully saturated rings. The average molecular weight is 815 g/mol. The van der Waals surface area contributed by atoms with Crippen LogP contribution in [0.2, 0.25) is 0 Å². The van der Waals surface area contributed by atoms with E-state index in [1.165, 1.54) is 135 Å². The third-order valence-electron chi connectivity index (χ3n) is 10.9. The zero-order valence-corrected chi connectivity index (χ0v) is 38.6. The van der Waals surface area contributed by atoms with Gasteiger partial charge in [-0.2, -0.15) is 0 Å². The Morgan fingerprint density at radius 3 is 1.05 bits per heavy atom. The molecule has 0 saturated carbocycles. The van der Waals surface area contributed by atoms with Crippen LogP contribution in [-0.4, -0.2) is 37.2 Å². The number of rotatable bonds is 45. The van der Waals surface area contributed by atoms with Crippen LogP contribution in [0.3, 0.4) is 0 Å². The van der Waals surface area contributed by atoms with E-state index < -0.39 is 6.10 Å². The van der Waals surface area contributed by atoms with Gasteiger partial charge in [-0.3, -0.25) is 14.4 Å². The maximum Gasteiger partial charge on any atom is 0.306 e. The molecule has 0 aromatic heterocycles. The van der Waals surface area contributed by atoms with Gasteiger partial charge in [0, 0.05) is 19.3 Å². The highest BCUT2D eigenvalue weighted by molar-refractivity contribution is 5.71. The molecule has 0 aliphatic heterocycles. The van der Waals surface area contributed by atoms with Crippen molar-refractivity contribution in [2.24, 2.45) is 0 Å². The molecule has 0 aliphatic rings. The minimum absolute atomic E-state index is 0.0787. The zero-order valence-electron chi connectivity index (χ0n) is 38.6. The molecule has 338 valence electrons. The highest BCUT2D eigenvalue weighted by Crippen LogP contribution is 2.15. The van der Waals surface area contributed by atoms with Crippen molar-refractivity contribution in [2.75, 3.05) is 13.2 Å². The molecule has 0 spiro atoms. The van der Waals surface area contributed by atoms with Crippen LogP contribution in [0.5, 0.6) is 0 Å². The van der Waals surface area contributed by atoms with E-state index in [4.69, 9.17) is 14.2 Å². The smallest absolute Gasteiger partial charge is 0.306 e. The van der Waals surface area contributed by atoms with E-state index in [9.17, 15) is 14.4 Å². The van der Waals surface area contributed by atoms with E-state index in [0.717, 1.165) is 83.5 Å². The molecular weight excluding hydrogens is 721 g/mol. The molecule has 0 heterocycles. The molecule has 0 saturated heterocycles. The lowest BCUT2D eigenvalue weighted by molar-refractivity contribution is -0.167. The van der Waals surface area contributed by atoms with Crippen molar-refractivity contribution in [2.45, 2.75) is 264 Å². The van der Waals surface area contributed by atoms with E-state index in [1.54, 1.807) is 0 Å². The van der Waals surface area contributed by atoms with E-state index in [0.29, 0.717) is 19.3 Å². The number of esters is 3. The fraction of sp³-hybridized carbons (Fsp3) is 0.827. The maximum atomic E-state index is 12.8. The van der Waals surface area contributed by atoms with Crippen LogP contribution in [0.15, 0.2) is 36.5 Å². The summed E-state index contributed by atoms with van der Waals surface area (Å²) in [5, 5.41) is 0. The number of ether oxygens (including phenoxy) is 3. The number of allylic oxidation sites excluding steroid dienone is 6. The average Bonchev–Trinajstić information content (AvgIpc) is 3.22. The van der Waals surface area contributed by atoms with Gasteiger partial charge in [-0.25, -0.2) is 0 Å². The number of unbranched alkanes of at least 4 members (excludes halogenated alkanes) is 28. The Kier molecular flexibility index (Phi) is 45.4. The quantitative estimate of drug-likeness (QED) is 0.0264. The Morgan fingerprint density at radius 2 is 0.638 bits per heavy atom. The molecule has 0 aromatic rings. The van der Waals surface area contributed by atoms with Gasteiger partial charge >= 0.3 is 17.9 Å². The summed E-state index contributed by atoms with van der Waals surface area (Å²) in [5.74, 6) is -0.894. The molecule has 0 aliphatic carbocycles. The Balaban J connectivity index is 4.37. The van der Waals surface area contributed by atoms with E-state index in [-0.39, 0.29) is 31.1 Å². The second kappa shape index (κ2) is 47.3. The number of hydrogen-bond acceptors (Lipinski definition) is 6. The summed E-state index contributed by atoms with van der Waals surface area (Å²) in [4.78, 5) is 37.9. The van der Waals surface area contributed by atoms with Crippen LogP contribution in [0.4, 0.5) is 0 Å². The Morgan fingerprint density at radius 1 is 0.345 bits per heavy atom. The van der Waals surface area contributed by atoms with Gasteiger partial charge in [0.05, 0.1) is 0 Å². The molecule has 0 bridgehead atoms. The fourth-order valence-corrected chi connectivity index (χ4v) is 7.04. The van der Waals surface area contributed by atoms with Crippen molar-refractivity contribution in [3.05, 3.63) is 36.5 Å². The van der Waals surface area contributed by atoms with Gasteiger partial charge < -0.3 is 14.2 Å². The topological polar surface area (TPSA) is 78.9 Å². The summed E-state index contributed by atoms with van der Waals surface area (Å²) in [7, 11) is 0. The maximum absolute atomic E-state index is 12.8. The molecule has 58 heavy (non-hydrogen) atoms. The van der Waals surface area contributed by atoms with Crippen LogP contribution >= 0.6 is 0 Å². The molecule has 6 nitrogen and oxygen atoms in total. The first-order valence-electron chi connectivity index (χ1n) is 25.0. The minimum Gasteiger partial charge on any atom is -0.462 e. The number of carbonyl (C=O) groups excluding carboxylic acids is 3. The summed E-state index contributed by atoms with van der Waals surface area (Å²) < 4.78 is 16.7. The second-order valence-corrected chi connectivity index (χ2v) is 16.7. The van der Waals surface area contributed by atoms with Gasteiger partial charge in [-0.05, 0) is 70.6 Å². The van der Waals surface area contributed by atoms with E-state index in [1.807, 2.05) is 0 Å². The minimum atomic E-state index is -0.776. The third kappa shape index (κ3) is 44.7. The molecule has 6 heteroatoms. The molecule has 0 radical (unpaired) electrons. The lowest BCUT2D eigenvalue weighted by Crippen LogP contribution is -2.30. The van der Waals surface area contributed by atoms with Crippen LogP contribution < -0.4 is 0 Å². The molecule has 1 atom stereocenters. The number of hydrogen-bond donors (Lipinski definition) is 0. The van der Waals surface area contributed by atoms with Gasteiger partial charge in [0.1, 0.15) is 13.2 Å². The summed E-state index contributed by atoms with van der Waals surface area (Å²) in [6, 6.07) is 0. The van der Waals surface area contributed by atoms with Gasteiger partial charge in [0.15, 0.2) is 6.10 Å². The number of carbonyl (C=O) groups is 3. The fourth-order valence-electron chi connectivity index (χ4n) is 7.04. The first-order chi connectivity index (χ1) is 28.5. The van der Waals surface area contributed by atoms with Crippen molar-refractivity contribution in [1.29, 1.82) is 0 Å². The van der Waals surface area contributed by atoms with E-state index in [2.05, 4.69) is 57.2 Å². The predicted octanol–water partition coefficient (Wildman–Crippen LogP) is 16.1. The lowest BCUT2D eigenvalue weighted by atomic mass is 10.0. The van der Waals surface area contributed by atoms with Gasteiger partial charge in [0.2, 0.25) is 0 Å². The second-order valence-electron chi connectivity index (χ2n) is 16.7. The van der Waals surface area contributed by atoms with Gasteiger partial charge in [0.25, 0.3) is 0 Å². The van der Waals surface area contributed by atoms with Crippen molar-refractivity contribution < 1.29 is 28.6 Å². The highest BCUT2D eigenvalue weighted by atomic mass is 16.6. The first-order valence-corrected chi connectivity index (χ1v) is 25.0. The monoisotopic (exact) mass is 815 g/mol. The first kappa shape index (κ1) is 55.6. The largest absolute Gasteiger partial charge is 0.462 e. The molecule has 0 N–H and O–H groups in total. The van der Waals surface area contributed by atoms with Crippen molar-refractivity contribution >= 4 is 17.9 Å². The summed E-state index contributed by atoms with van der Waals surface area (Å²) in [5.41, 5.74) is 0. The normalized spacial score (nSPS) is 12.3. The summed E-state index contributed by atoms with van der Waals surface area (Å²) in [6.45, 7) is 6.57. The van der Waals surface area contributed by atoms with E-state index >= 15 is 0 Å². The van der Waals surface area contributed by atoms with Crippen LogP contribution in [0.1, 0.15) is 258 Å². The van der Waals surface area contributed by atoms with Crippen molar-refractivity contribution in [3.63, 3.8) is 0 Å². The molecule has 0 rings (SSSR count). The Labute approximate surface area is 359 Å². The van der Waals surface area contributed by atoms with Gasteiger partial charge in [-0.15, -0.1) is 0 Å². The van der Waals surface area contributed by atoms with Crippen LogP contribution in [0.25, 0.3) is 0 Å². The van der Waals surface area contributed by atoms with Crippen molar-refractivity contribution in [3.8, 4) is 0 Å². The third-order valence-corrected chi connectivity index (χ3v) is 10.9. The molecule has 0 aromatic carbocycles. The Bertz CT molecular complexity index is 984. The SMILES string of the molecule is CCCC/C=C\CCCCCCCC(=O)OC[C@H](COC(=O)CCCCCCC/C=C\C/C=C\CCCCC)OC(=O)CCCCCCCCCCCCCCCC. The standard InChI is InChI=1S/C52H94O6/c1-4-7-10-13-16-19-22-24-26-28-30-33-36-39-42-45-51(54)57-48-49(47-56-50(53)44-41-38-35-32-29-21-18-15-12-9-6-3)58-52(55)46-43-40-37-34-31-27-25-23-20-17-14-11-8-5-2/h15-16,18-19,24,26,49H,4-14,17,20-23,25,27-48H2,1-3H3/b18-15-,19-16-,26-24-/t49-/m1/s1. The molecular formula is C52H94O6. The van der Waals surface area contributed by atoms with Gasteiger partial charge in [-0.1, -0.05) is 205 Å². The molecule has 0 amide bonds. The molecule has 0 unspecified atom stereocenters. The van der Waals surface area contributed by atoms with Crippen LogP contribution in [-0.2, 0) is 28.6 Å². The predicted molar refractivity (Wildman–Crippen MR) is 247 cm³/mol. The summed E-state index contributed by atoms with van der Waals surface area (Å²) in [6.07, 6.45) is 54.1. The zero-order chi connectivity index (χ0) is 42.3. The van der Waals surface area contributed by atoms with Crippen molar-refractivity contribution in [1.82, 2.24) is 0 Å². The lowest BCUT2D eigenvalue weighted by Gasteiger charge is -2.18.